The second-order valence-corrected chi connectivity index (χ2v) is 4.01. The van der Waals surface area contributed by atoms with E-state index in [4.69, 9.17) is 16.9 Å². The fourth-order valence-corrected chi connectivity index (χ4v) is 1.91. The molecular formula is C12H14ClFN2. The molecule has 2 unspecified atom stereocenters. The van der Waals surface area contributed by atoms with E-state index in [1.165, 1.54) is 12.1 Å². The quantitative estimate of drug-likeness (QED) is 0.877. The van der Waals surface area contributed by atoms with Crippen LogP contribution in [-0.4, -0.2) is 7.05 Å². The monoisotopic (exact) mass is 240 g/mol. The third kappa shape index (κ3) is 2.72. The van der Waals surface area contributed by atoms with Crippen molar-refractivity contribution in [2.24, 2.45) is 5.92 Å². The Hall–Kier alpha value is -1.11. The molecule has 0 radical (unpaired) electrons. The third-order valence-electron chi connectivity index (χ3n) is 2.61. The van der Waals surface area contributed by atoms with Gasteiger partial charge in [0.2, 0.25) is 0 Å². The normalized spacial score (nSPS) is 14.2. The van der Waals surface area contributed by atoms with Crippen LogP contribution in [0.15, 0.2) is 18.2 Å². The van der Waals surface area contributed by atoms with Crippen molar-refractivity contribution >= 4 is 11.6 Å². The average Bonchev–Trinajstić information content (AvgIpc) is 2.29. The first kappa shape index (κ1) is 13.0. The summed E-state index contributed by atoms with van der Waals surface area (Å²) in [4.78, 5) is 0. The summed E-state index contributed by atoms with van der Waals surface area (Å²) < 4.78 is 13.6. The van der Waals surface area contributed by atoms with Gasteiger partial charge in [-0.05, 0) is 31.7 Å². The molecule has 2 nitrogen and oxygen atoms in total. The maximum absolute atomic E-state index is 13.6. The van der Waals surface area contributed by atoms with Crippen LogP contribution in [0, 0.1) is 23.1 Å². The minimum absolute atomic E-state index is 0.266. The molecule has 86 valence electrons. The largest absolute Gasteiger partial charge is 0.312 e. The van der Waals surface area contributed by atoms with Crippen LogP contribution in [0.5, 0.6) is 0 Å². The second kappa shape index (κ2) is 5.83. The number of hydrogen-bond acceptors (Lipinski definition) is 2. The van der Waals surface area contributed by atoms with Crippen LogP contribution in [0.4, 0.5) is 4.39 Å². The third-order valence-corrected chi connectivity index (χ3v) is 2.85. The van der Waals surface area contributed by atoms with Crippen molar-refractivity contribution < 1.29 is 4.39 Å². The van der Waals surface area contributed by atoms with E-state index < -0.39 is 0 Å². The Balaban J connectivity index is 3.13. The Bertz CT molecular complexity index is 400. The maximum Gasteiger partial charge on any atom is 0.128 e. The number of nitriles is 1. The van der Waals surface area contributed by atoms with Crippen molar-refractivity contribution in [2.45, 2.75) is 19.4 Å². The molecule has 2 atom stereocenters. The second-order valence-electron chi connectivity index (χ2n) is 3.58. The molecule has 0 aliphatic rings. The van der Waals surface area contributed by atoms with Gasteiger partial charge in [0, 0.05) is 10.6 Å². The van der Waals surface area contributed by atoms with Crippen LogP contribution >= 0.6 is 11.6 Å². The summed E-state index contributed by atoms with van der Waals surface area (Å²) in [5.41, 5.74) is 0.448. The summed E-state index contributed by atoms with van der Waals surface area (Å²) in [5, 5.41) is 12.4. The van der Waals surface area contributed by atoms with E-state index in [2.05, 4.69) is 11.4 Å². The molecule has 16 heavy (non-hydrogen) atoms. The molecule has 0 heterocycles. The molecule has 1 aromatic rings. The molecule has 0 fully saturated rings. The number of rotatable bonds is 4. The number of hydrogen-bond donors (Lipinski definition) is 1. The summed E-state index contributed by atoms with van der Waals surface area (Å²) in [6.07, 6.45) is 0.661. The van der Waals surface area contributed by atoms with Crippen molar-refractivity contribution in [1.29, 1.82) is 5.26 Å². The van der Waals surface area contributed by atoms with Crippen molar-refractivity contribution in [3.8, 4) is 6.07 Å². The molecule has 4 heteroatoms. The van der Waals surface area contributed by atoms with Crippen molar-refractivity contribution in [3.63, 3.8) is 0 Å². The van der Waals surface area contributed by atoms with Crippen LogP contribution in [-0.2, 0) is 0 Å². The van der Waals surface area contributed by atoms with Crippen molar-refractivity contribution in [2.75, 3.05) is 7.05 Å². The Kier molecular flexibility index (Phi) is 4.72. The van der Waals surface area contributed by atoms with Gasteiger partial charge in [0.25, 0.3) is 0 Å². The van der Waals surface area contributed by atoms with Gasteiger partial charge in [0.15, 0.2) is 0 Å². The summed E-state index contributed by atoms with van der Waals surface area (Å²) in [7, 11) is 1.71. The van der Waals surface area contributed by atoms with Crippen LogP contribution in [0.25, 0.3) is 0 Å². The minimum atomic E-state index is -0.336. The highest BCUT2D eigenvalue weighted by molar-refractivity contribution is 6.30. The maximum atomic E-state index is 13.6. The van der Waals surface area contributed by atoms with Gasteiger partial charge in [-0.2, -0.15) is 5.26 Å². The van der Waals surface area contributed by atoms with Gasteiger partial charge >= 0.3 is 0 Å². The first-order valence-corrected chi connectivity index (χ1v) is 5.53. The Morgan fingerprint density at radius 2 is 2.25 bits per heavy atom. The highest BCUT2D eigenvalue weighted by Crippen LogP contribution is 2.28. The smallest absolute Gasteiger partial charge is 0.128 e. The Morgan fingerprint density at radius 1 is 1.56 bits per heavy atom. The number of halogens is 2. The standard InChI is InChI=1S/C12H14ClFN2/c1-3-8(7-15)12(16-2)10-6-9(13)4-5-11(10)14/h4-6,8,12,16H,3H2,1-2H3. The molecule has 0 aliphatic heterocycles. The van der Waals surface area contributed by atoms with E-state index in [1.807, 2.05) is 6.92 Å². The highest BCUT2D eigenvalue weighted by atomic mass is 35.5. The molecular weight excluding hydrogens is 227 g/mol. The molecule has 0 saturated carbocycles. The van der Waals surface area contributed by atoms with Gasteiger partial charge in [0.05, 0.1) is 18.0 Å². The molecule has 1 aromatic carbocycles. The summed E-state index contributed by atoms with van der Waals surface area (Å²) in [5.74, 6) is -0.601. The van der Waals surface area contributed by atoms with Gasteiger partial charge in [-0.3, -0.25) is 0 Å². The fourth-order valence-electron chi connectivity index (χ4n) is 1.73. The number of benzene rings is 1. The van der Waals surface area contributed by atoms with E-state index in [0.29, 0.717) is 17.0 Å². The lowest BCUT2D eigenvalue weighted by Gasteiger charge is -2.21. The van der Waals surface area contributed by atoms with Gasteiger partial charge in [-0.1, -0.05) is 18.5 Å². The molecule has 0 aliphatic carbocycles. The molecule has 1 N–H and O–H groups in total. The first-order chi connectivity index (χ1) is 7.63. The topological polar surface area (TPSA) is 35.8 Å². The van der Waals surface area contributed by atoms with Gasteiger partial charge in [-0.25, -0.2) is 4.39 Å². The molecule has 0 spiro atoms. The minimum Gasteiger partial charge on any atom is -0.312 e. The van der Waals surface area contributed by atoms with Crippen LogP contribution in [0.3, 0.4) is 0 Å². The van der Waals surface area contributed by atoms with E-state index in [9.17, 15) is 4.39 Å². The predicted molar refractivity (Wildman–Crippen MR) is 62.6 cm³/mol. The fraction of sp³-hybridized carbons (Fsp3) is 0.417. The summed E-state index contributed by atoms with van der Waals surface area (Å²) in [6.45, 7) is 1.90. The van der Waals surface area contributed by atoms with E-state index in [1.54, 1.807) is 13.1 Å². The van der Waals surface area contributed by atoms with Gasteiger partial charge < -0.3 is 5.32 Å². The van der Waals surface area contributed by atoms with Crippen LogP contribution < -0.4 is 5.32 Å². The number of nitrogens with zero attached hydrogens (tertiary/aromatic N) is 1. The lowest BCUT2D eigenvalue weighted by atomic mass is 9.92. The summed E-state index contributed by atoms with van der Waals surface area (Å²) in [6, 6.07) is 6.24. The molecule has 0 amide bonds. The first-order valence-electron chi connectivity index (χ1n) is 5.15. The van der Waals surface area contributed by atoms with Crippen LogP contribution in [0.1, 0.15) is 24.9 Å². The van der Waals surface area contributed by atoms with Crippen molar-refractivity contribution in [3.05, 3.63) is 34.6 Å². The van der Waals surface area contributed by atoms with E-state index in [-0.39, 0.29) is 17.8 Å². The zero-order valence-electron chi connectivity index (χ0n) is 9.30. The zero-order chi connectivity index (χ0) is 12.1. The van der Waals surface area contributed by atoms with Crippen LogP contribution in [0.2, 0.25) is 5.02 Å². The van der Waals surface area contributed by atoms with Gasteiger partial charge in [0.1, 0.15) is 5.82 Å². The lowest BCUT2D eigenvalue weighted by molar-refractivity contribution is 0.430. The average molecular weight is 241 g/mol. The van der Waals surface area contributed by atoms with E-state index in [0.717, 1.165) is 0 Å². The van der Waals surface area contributed by atoms with Gasteiger partial charge in [-0.15, -0.1) is 0 Å². The molecule has 0 saturated heterocycles. The Labute approximate surface area is 100 Å². The summed E-state index contributed by atoms with van der Waals surface area (Å²) >= 11 is 5.83. The predicted octanol–water partition coefficient (Wildman–Crippen LogP) is 3.29. The zero-order valence-corrected chi connectivity index (χ0v) is 10.1. The Morgan fingerprint density at radius 3 is 2.75 bits per heavy atom. The SMILES string of the molecule is CCC(C#N)C(NC)c1cc(Cl)ccc1F. The molecule has 1 rings (SSSR count). The molecule has 0 aromatic heterocycles. The van der Waals surface area contributed by atoms with Crippen molar-refractivity contribution in [1.82, 2.24) is 5.32 Å². The lowest BCUT2D eigenvalue weighted by Crippen LogP contribution is -2.25. The number of nitrogens with one attached hydrogen (secondary N) is 1. The highest BCUT2D eigenvalue weighted by Gasteiger charge is 2.22. The molecule has 0 bridgehead atoms. The van der Waals surface area contributed by atoms with E-state index >= 15 is 0 Å².